The zero-order valence-corrected chi connectivity index (χ0v) is 19.1. The molecule has 3 aromatic rings. The summed E-state index contributed by atoms with van der Waals surface area (Å²) < 4.78 is 46.3. The van der Waals surface area contributed by atoms with Gasteiger partial charge in [0.05, 0.1) is 12.8 Å². The van der Waals surface area contributed by atoms with Gasteiger partial charge in [-0.15, -0.1) is 10.2 Å². The number of ether oxygens (including phenoxy) is 1. The Labute approximate surface area is 187 Å². The first-order valence-electron chi connectivity index (χ1n) is 10.3. The van der Waals surface area contributed by atoms with Gasteiger partial charge in [0, 0.05) is 31.7 Å². The first kappa shape index (κ1) is 22.2. The Bertz CT molecular complexity index is 1220. The maximum atomic E-state index is 13.7. The fourth-order valence-corrected chi connectivity index (χ4v) is 5.48. The molecule has 1 aromatic heterocycles. The summed E-state index contributed by atoms with van der Waals surface area (Å²) in [6.07, 6.45) is 0. The number of methoxy groups -OCH3 is 1. The van der Waals surface area contributed by atoms with E-state index in [4.69, 9.17) is 4.74 Å². The monoisotopic (exact) mass is 456 g/mol. The third-order valence-electron chi connectivity index (χ3n) is 5.61. The highest BCUT2D eigenvalue weighted by Gasteiger charge is 2.31. The number of nitrogens with zero attached hydrogens (tertiary/aromatic N) is 4. The molecule has 1 fully saturated rings. The highest BCUT2D eigenvalue weighted by atomic mass is 32.2. The van der Waals surface area contributed by atoms with E-state index >= 15 is 0 Å². The number of halogens is 1. The molecule has 2 heterocycles. The third kappa shape index (κ3) is 4.31. The molecule has 9 heteroatoms. The molecule has 0 spiro atoms. The number of aryl methyl sites for hydroxylation is 2. The number of anilines is 1. The van der Waals surface area contributed by atoms with E-state index < -0.39 is 15.8 Å². The highest BCUT2D eigenvalue weighted by molar-refractivity contribution is 7.89. The predicted molar refractivity (Wildman–Crippen MR) is 121 cm³/mol. The van der Waals surface area contributed by atoms with Gasteiger partial charge in [-0.25, -0.2) is 12.8 Å². The van der Waals surface area contributed by atoms with Crippen LogP contribution in [0.25, 0.3) is 11.3 Å². The van der Waals surface area contributed by atoms with Gasteiger partial charge >= 0.3 is 0 Å². The third-order valence-corrected chi connectivity index (χ3v) is 7.53. The average molecular weight is 457 g/mol. The van der Waals surface area contributed by atoms with Crippen molar-refractivity contribution >= 4 is 15.8 Å². The van der Waals surface area contributed by atoms with Crippen molar-refractivity contribution in [2.24, 2.45) is 0 Å². The summed E-state index contributed by atoms with van der Waals surface area (Å²) in [5, 5.41) is 8.75. The lowest BCUT2D eigenvalue weighted by Gasteiger charge is -2.34. The van der Waals surface area contributed by atoms with Crippen LogP contribution < -0.4 is 9.64 Å². The van der Waals surface area contributed by atoms with E-state index in [2.05, 4.69) is 23.2 Å². The molecule has 0 bridgehead atoms. The van der Waals surface area contributed by atoms with Gasteiger partial charge in [0.2, 0.25) is 10.0 Å². The predicted octanol–water partition coefficient (Wildman–Crippen LogP) is 3.42. The van der Waals surface area contributed by atoms with Crippen LogP contribution in [0.5, 0.6) is 5.75 Å². The zero-order valence-electron chi connectivity index (χ0n) is 18.2. The van der Waals surface area contributed by atoms with Crippen LogP contribution in [0, 0.1) is 19.7 Å². The Kier molecular flexibility index (Phi) is 6.12. The molecule has 0 saturated carbocycles. The van der Waals surface area contributed by atoms with Crippen LogP contribution in [-0.2, 0) is 10.0 Å². The number of rotatable bonds is 5. The Balaban J connectivity index is 1.47. The van der Waals surface area contributed by atoms with Gasteiger partial charge in [0.1, 0.15) is 16.5 Å². The van der Waals surface area contributed by atoms with E-state index in [0.717, 1.165) is 22.9 Å². The lowest BCUT2D eigenvalue weighted by molar-refractivity contribution is 0.372. The van der Waals surface area contributed by atoms with E-state index in [-0.39, 0.29) is 23.7 Å². The summed E-state index contributed by atoms with van der Waals surface area (Å²) in [6, 6.07) is 13.5. The molecule has 0 atom stereocenters. The molecule has 0 unspecified atom stereocenters. The Morgan fingerprint density at radius 2 is 1.69 bits per heavy atom. The molecule has 4 rings (SSSR count). The summed E-state index contributed by atoms with van der Waals surface area (Å²) in [6.45, 7) is 5.51. The fraction of sp³-hybridized carbons (Fsp3) is 0.304. The molecule has 168 valence electrons. The molecular formula is C23H25FN4O3S. The van der Waals surface area contributed by atoms with Crippen LogP contribution in [0.15, 0.2) is 53.4 Å². The second-order valence-corrected chi connectivity index (χ2v) is 9.69. The molecule has 2 aromatic carbocycles. The SMILES string of the molecule is COc1ccc(F)cc1S(=O)(=O)N1CCN(c2ccc(-c3ccc(C)cc3C)nn2)CC1. The van der Waals surface area contributed by atoms with Gasteiger partial charge in [-0.1, -0.05) is 23.8 Å². The van der Waals surface area contributed by atoms with Crippen molar-refractivity contribution in [2.45, 2.75) is 18.7 Å². The Morgan fingerprint density at radius 3 is 2.31 bits per heavy atom. The Hall–Kier alpha value is -3.04. The summed E-state index contributed by atoms with van der Waals surface area (Å²) >= 11 is 0. The largest absolute Gasteiger partial charge is 0.495 e. The van der Waals surface area contributed by atoms with Crippen LogP contribution in [0.3, 0.4) is 0 Å². The standard InChI is InChI=1S/C23H25FN4O3S/c1-16-4-6-19(17(2)14-16)20-7-9-23(26-25-20)27-10-12-28(13-11-27)32(29,30)22-15-18(24)5-8-21(22)31-3/h4-9,14-15H,10-13H2,1-3H3. The average Bonchev–Trinajstić information content (AvgIpc) is 2.79. The number of hydrogen-bond acceptors (Lipinski definition) is 6. The van der Waals surface area contributed by atoms with Gasteiger partial charge in [0.15, 0.2) is 5.82 Å². The van der Waals surface area contributed by atoms with Gasteiger partial charge in [-0.05, 0) is 49.7 Å². The molecular weight excluding hydrogens is 431 g/mol. The molecule has 32 heavy (non-hydrogen) atoms. The molecule has 1 aliphatic heterocycles. The van der Waals surface area contributed by atoms with Crippen LogP contribution in [0.2, 0.25) is 0 Å². The lowest BCUT2D eigenvalue weighted by Crippen LogP contribution is -2.49. The normalized spacial score (nSPS) is 15.1. The smallest absolute Gasteiger partial charge is 0.246 e. The van der Waals surface area contributed by atoms with Crippen molar-refractivity contribution in [2.75, 3.05) is 38.2 Å². The summed E-state index contributed by atoms with van der Waals surface area (Å²) in [7, 11) is -2.51. The second kappa shape index (κ2) is 8.84. The van der Waals surface area contributed by atoms with E-state index in [0.29, 0.717) is 18.9 Å². The summed E-state index contributed by atoms with van der Waals surface area (Å²) in [4.78, 5) is 1.83. The second-order valence-electron chi connectivity index (χ2n) is 7.78. The molecule has 0 aliphatic carbocycles. The quantitative estimate of drug-likeness (QED) is 0.586. The number of hydrogen-bond donors (Lipinski definition) is 0. The Morgan fingerprint density at radius 1 is 0.938 bits per heavy atom. The maximum Gasteiger partial charge on any atom is 0.246 e. The molecule has 0 radical (unpaired) electrons. The molecule has 1 aliphatic rings. The minimum absolute atomic E-state index is 0.127. The van der Waals surface area contributed by atoms with Crippen molar-refractivity contribution in [3.05, 3.63) is 65.5 Å². The fourth-order valence-electron chi connectivity index (χ4n) is 3.89. The number of benzene rings is 2. The summed E-state index contributed by atoms with van der Waals surface area (Å²) in [5.41, 5.74) is 4.17. The highest BCUT2D eigenvalue weighted by Crippen LogP contribution is 2.29. The van der Waals surface area contributed by atoms with Crippen LogP contribution >= 0.6 is 0 Å². The minimum Gasteiger partial charge on any atom is -0.495 e. The topological polar surface area (TPSA) is 75.6 Å². The van der Waals surface area contributed by atoms with Gasteiger partial charge < -0.3 is 9.64 Å². The van der Waals surface area contributed by atoms with Crippen LogP contribution in [-0.4, -0.2) is 56.2 Å². The van der Waals surface area contributed by atoms with Gasteiger partial charge in [-0.2, -0.15) is 4.31 Å². The number of sulfonamides is 1. The summed E-state index contributed by atoms with van der Waals surface area (Å²) in [5.74, 6) is 0.197. The van der Waals surface area contributed by atoms with Crippen molar-refractivity contribution < 1.29 is 17.5 Å². The van der Waals surface area contributed by atoms with Crippen LogP contribution in [0.4, 0.5) is 10.2 Å². The van der Waals surface area contributed by atoms with Crippen molar-refractivity contribution in [3.8, 4) is 17.0 Å². The molecule has 7 nitrogen and oxygen atoms in total. The van der Waals surface area contributed by atoms with Crippen molar-refractivity contribution in [3.63, 3.8) is 0 Å². The van der Waals surface area contributed by atoms with E-state index in [9.17, 15) is 12.8 Å². The first-order chi connectivity index (χ1) is 15.3. The maximum absolute atomic E-state index is 13.7. The van der Waals surface area contributed by atoms with Crippen molar-refractivity contribution in [1.29, 1.82) is 0 Å². The van der Waals surface area contributed by atoms with E-state index in [1.807, 2.05) is 36.1 Å². The molecule has 0 N–H and O–H groups in total. The molecule has 1 saturated heterocycles. The lowest BCUT2D eigenvalue weighted by atomic mass is 10.0. The minimum atomic E-state index is -3.88. The number of piperazine rings is 1. The van der Waals surface area contributed by atoms with Crippen LogP contribution in [0.1, 0.15) is 11.1 Å². The van der Waals surface area contributed by atoms with Gasteiger partial charge in [-0.3, -0.25) is 0 Å². The zero-order chi connectivity index (χ0) is 22.9. The van der Waals surface area contributed by atoms with E-state index in [1.54, 1.807) is 0 Å². The van der Waals surface area contributed by atoms with E-state index in [1.165, 1.54) is 29.1 Å². The molecule has 0 amide bonds. The first-order valence-corrected chi connectivity index (χ1v) is 11.7. The number of aromatic nitrogens is 2. The van der Waals surface area contributed by atoms with Gasteiger partial charge in [0.25, 0.3) is 0 Å². The van der Waals surface area contributed by atoms with Crippen molar-refractivity contribution in [1.82, 2.24) is 14.5 Å².